The highest BCUT2D eigenvalue weighted by Crippen LogP contribution is 2.18. The highest BCUT2D eigenvalue weighted by Gasteiger charge is 2.07. The number of Topliss-reactive ketones (excluding diaryl/α,β-unsaturated/α-hetero) is 1. The summed E-state index contributed by atoms with van der Waals surface area (Å²) in [6.07, 6.45) is 1.03. The van der Waals surface area contributed by atoms with E-state index in [9.17, 15) is 4.79 Å². The number of ether oxygens (including phenoxy) is 1. The SMILES string of the molecule is CCNCCC(=O)Cc1ccccc1OC. The van der Waals surface area contributed by atoms with Crippen LogP contribution >= 0.6 is 0 Å². The topological polar surface area (TPSA) is 38.3 Å². The highest BCUT2D eigenvalue weighted by atomic mass is 16.5. The maximum absolute atomic E-state index is 11.7. The van der Waals surface area contributed by atoms with Crippen LogP contribution in [0.15, 0.2) is 24.3 Å². The molecule has 0 atom stereocenters. The van der Waals surface area contributed by atoms with Gasteiger partial charge in [0.05, 0.1) is 7.11 Å². The third-order valence-corrected chi connectivity index (χ3v) is 2.41. The second-order valence-electron chi connectivity index (χ2n) is 3.63. The Balaban J connectivity index is 2.49. The molecule has 0 heterocycles. The fourth-order valence-corrected chi connectivity index (χ4v) is 1.55. The number of carbonyl (C=O) groups excluding carboxylic acids is 1. The second kappa shape index (κ2) is 7.01. The lowest BCUT2D eigenvalue weighted by atomic mass is 10.1. The van der Waals surface area contributed by atoms with E-state index in [2.05, 4.69) is 5.32 Å². The van der Waals surface area contributed by atoms with E-state index in [1.54, 1.807) is 7.11 Å². The Morgan fingerprint density at radius 2 is 2.12 bits per heavy atom. The average molecular weight is 221 g/mol. The Kier molecular flexibility index (Phi) is 5.57. The van der Waals surface area contributed by atoms with Gasteiger partial charge in [0.25, 0.3) is 0 Å². The molecule has 3 nitrogen and oxygen atoms in total. The number of rotatable bonds is 7. The molecule has 0 saturated heterocycles. The Bertz CT molecular complexity index is 336. The Hall–Kier alpha value is -1.35. The summed E-state index contributed by atoms with van der Waals surface area (Å²) in [4.78, 5) is 11.7. The minimum absolute atomic E-state index is 0.241. The van der Waals surface area contributed by atoms with Crippen molar-refractivity contribution in [1.29, 1.82) is 0 Å². The summed E-state index contributed by atoms with van der Waals surface area (Å²) in [5.74, 6) is 1.03. The van der Waals surface area contributed by atoms with Crippen LogP contribution in [-0.4, -0.2) is 26.0 Å². The summed E-state index contributed by atoms with van der Waals surface area (Å²) >= 11 is 0. The number of ketones is 1. The largest absolute Gasteiger partial charge is 0.496 e. The maximum Gasteiger partial charge on any atom is 0.138 e. The monoisotopic (exact) mass is 221 g/mol. The summed E-state index contributed by atoms with van der Waals surface area (Å²) in [6.45, 7) is 3.69. The molecular formula is C13H19NO2. The maximum atomic E-state index is 11.7. The van der Waals surface area contributed by atoms with Gasteiger partial charge in [-0.1, -0.05) is 25.1 Å². The minimum atomic E-state index is 0.241. The van der Waals surface area contributed by atoms with Gasteiger partial charge >= 0.3 is 0 Å². The predicted octanol–water partition coefficient (Wildman–Crippen LogP) is 1.81. The molecule has 0 saturated carbocycles. The molecule has 88 valence electrons. The lowest BCUT2D eigenvalue weighted by Gasteiger charge is -2.07. The molecule has 1 aromatic rings. The van der Waals surface area contributed by atoms with Crippen LogP contribution in [0.3, 0.4) is 0 Å². The van der Waals surface area contributed by atoms with E-state index in [0.29, 0.717) is 12.8 Å². The molecule has 16 heavy (non-hydrogen) atoms. The fourth-order valence-electron chi connectivity index (χ4n) is 1.55. The number of hydrogen-bond donors (Lipinski definition) is 1. The molecule has 1 N–H and O–H groups in total. The molecule has 0 aliphatic carbocycles. The van der Waals surface area contributed by atoms with Gasteiger partial charge in [-0.3, -0.25) is 4.79 Å². The standard InChI is InChI=1S/C13H19NO2/c1-3-14-9-8-12(15)10-11-6-4-5-7-13(11)16-2/h4-7,14H,3,8-10H2,1-2H3. The van der Waals surface area contributed by atoms with Gasteiger partial charge in [-0.15, -0.1) is 0 Å². The van der Waals surface area contributed by atoms with Gasteiger partial charge in [0.1, 0.15) is 11.5 Å². The molecule has 0 fully saturated rings. The minimum Gasteiger partial charge on any atom is -0.496 e. The Morgan fingerprint density at radius 1 is 1.38 bits per heavy atom. The van der Waals surface area contributed by atoms with Crippen molar-refractivity contribution in [2.75, 3.05) is 20.2 Å². The zero-order chi connectivity index (χ0) is 11.8. The first-order valence-electron chi connectivity index (χ1n) is 5.62. The smallest absolute Gasteiger partial charge is 0.138 e. The molecule has 3 heteroatoms. The van der Waals surface area contributed by atoms with Gasteiger partial charge in [0.15, 0.2) is 0 Å². The van der Waals surface area contributed by atoms with Crippen molar-refractivity contribution in [3.05, 3.63) is 29.8 Å². The van der Waals surface area contributed by atoms with Crippen LogP contribution in [0, 0.1) is 0 Å². The van der Waals surface area contributed by atoms with Gasteiger partial charge < -0.3 is 10.1 Å². The van der Waals surface area contributed by atoms with Crippen molar-refractivity contribution in [3.63, 3.8) is 0 Å². The summed E-state index contributed by atoms with van der Waals surface area (Å²) in [6, 6.07) is 7.65. The lowest BCUT2D eigenvalue weighted by molar-refractivity contribution is -0.118. The number of benzene rings is 1. The molecule has 0 aliphatic rings. The van der Waals surface area contributed by atoms with E-state index >= 15 is 0 Å². The molecule has 0 spiro atoms. The summed E-state index contributed by atoms with van der Waals surface area (Å²) in [5.41, 5.74) is 0.964. The van der Waals surface area contributed by atoms with E-state index in [1.807, 2.05) is 31.2 Å². The number of carbonyl (C=O) groups is 1. The molecule has 0 radical (unpaired) electrons. The van der Waals surface area contributed by atoms with Crippen molar-refractivity contribution < 1.29 is 9.53 Å². The molecule has 0 aromatic heterocycles. The molecule has 0 amide bonds. The normalized spacial score (nSPS) is 10.1. The van der Waals surface area contributed by atoms with Crippen LogP contribution in [0.4, 0.5) is 0 Å². The number of para-hydroxylation sites is 1. The highest BCUT2D eigenvalue weighted by molar-refractivity contribution is 5.81. The van der Waals surface area contributed by atoms with Crippen molar-refractivity contribution in [3.8, 4) is 5.75 Å². The third-order valence-electron chi connectivity index (χ3n) is 2.41. The first-order valence-corrected chi connectivity index (χ1v) is 5.62. The van der Waals surface area contributed by atoms with Gasteiger partial charge in [0.2, 0.25) is 0 Å². The van der Waals surface area contributed by atoms with Crippen molar-refractivity contribution in [1.82, 2.24) is 5.32 Å². The quantitative estimate of drug-likeness (QED) is 0.714. The Morgan fingerprint density at radius 3 is 2.81 bits per heavy atom. The number of methoxy groups -OCH3 is 1. The van der Waals surface area contributed by atoms with E-state index in [1.165, 1.54) is 0 Å². The van der Waals surface area contributed by atoms with Crippen LogP contribution in [0.5, 0.6) is 5.75 Å². The number of nitrogens with one attached hydrogen (secondary N) is 1. The van der Waals surface area contributed by atoms with Gasteiger partial charge in [-0.2, -0.15) is 0 Å². The van der Waals surface area contributed by atoms with Crippen LogP contribution in [0.1, 0.15) is 18.9 Å². The van der Waals surface area contributed by atoms with Crippen LogP contribution in [0.2, 0.25) is 0 Å². The molecule has 1 aromatic carbocycles. The van der Waals surface area contributed by atoms with E-state index < -0.39 is 0 Å². The van der Waals surface area contributed by atoms with Crippen molar-refractivity contribution in [2.24, 2.45) is 0 Å². The fraction of sp³-hybridized carbons (Fsp3) is 0.462. The third kappa shape index (κ3) is 4.03. The van der Waals surface area contributed by atoms with Gasteiger partial charge in [-0.25, -0.2) is 0 Å². The molecule has 0 bridgehead atoms. The average Bonchev–Trinajstić information content (AvgIpc) is 2.30. The summed E-state index contributed by atoms with van der Waals surface area (Å²) < 4.78 is 5.20. The van der Waals surface area contributed by atoms with E-state index in [-0.39, 0.29) is 5.78 Å². The summed E-state index contributed by atoms with van der Waals surface area (Å²) in [5, 5.41) is 3.14. The van der Waals surface area contributed by atoms with Gasteiger partial charge in [0, 0.05) is 24.9 Å². The van der Waals surface area contributed by atoms with E-state index in [4.69, 9.17) is 4.74 Å². The van der Waals surface area contributed by atoms with E-state index in [0.717, 1.165) is 24.4 Å². The number of hydrogen-bond acceptors (Lipinski definition) is 3. The van der Waals surface area contributed by atoms with Gasteiger partial charge in [-0.05, 0) is 12.6 Å². The first-order chi connectivity index (χ1) is 7.77. The lowest BCUT2D eigenvalue weighted by Crippen LogP contribution is -2.18. The molecule has 1 rings (SSSR count). The van der Waals surface area contributed by atoms with Crippen LogP contribution in [0.25, 0.3) is 0 Å². The molecular weight excluding hydrogens is 202 g/mol. The van der Waals surface area contributed by atoms with Crippen molar-refractivity contribution >= 4 is 5.78 Å². The molecule has 0 unspecified atom stereocenters. The van der Waals surface area contributed by atoms with Crippen molar-refractivity contribution in [2.45, 2.75) is 19.8 Å². The van der Waals surface area contributed by atoms with Crippen LogP contribution in [-0.2, 0) is 11.2 Å². The first kappa shape index (κ1) is 12.7. The Labute approximate surface area is 96.8 Å². The molecule has 0 aliphatic heterocycles. The zero-order valence-corrected chi connectivity index (χ0v) is 9.95. The second-order valence-corrected chi connectivity index (χ2v) is 3.63. The summed E-state index contributed by atoms with van der Waals surface area (Å²) in [7, 11) is 1.63. The zero-order valence-electron chi connectivity index (χ0n) is 9.95. The van der Waals surface area contributed by atoms with Crippen LogP contribution < -0.4 is 10.1 Å². The predicted molar refractivity (Wildman–Crippen MR) is 64.9 cm³/mol.